The van der Waals surface area contributed by atoms with E-state index in [0.717, 1.165) is 24.4 Å². The van der Waals surface area contributed by atoms with Crippen LogP contribution in [0.15, 0.2) is 0 Å². The summed E-state index contributed by atoms with van der Waals surface area (Å²) < 4.78 is 1.95. The molecule has 1 aromatic rings. The van der Waals surface area contributed by atoms with Crippen molar-refractivity contribution in [3.05, 3.63) is 11.4 Å². The van der Waals surface area contributed by atoms with Crippen molar-refractivity contribution in [1.82, 2.24) is 9.78 Å². The van der Waals surface area contributed by atoms with Crippen LogP contribution in [-0.4, -0.2) is 14.9 Å². The minimum atomic E-state index is 0.281. The molecule has 0 aliphatic heterocycles. The lowest BCUT2D eigenvalue weighted by Gasteiger charge is -2.08. The summed E-state index contributed by atoms with van der Waals surface area (Å²) in [6, 6.07) is 0. The van der Waals surface area contributed by atoms with Gasteiger partial charge in [0, 0.05) is 12.5 Å². The van der Waals surface area contributed by atoms with Gasteiger partial charge in [0.25, 0.3) is 0 Å². The first-order valence-electron chi connectivity index (χ1n) is 5.75. The highest BCUT2D eigenvalue weighted by atomic mass is 16.3. The molecule has 0 bridgehead atoms. The van der Waals surface area contributed by atoms with Gasteiger partial charge < -0.3 is 5.11 Å². The van der Waals surface area contributed by atoms with Gasteiger partial charge >= 0.3 is 0 Å². The summed E-state index contributed by atoms with van der Waals surface area (Å²) in [6.07, 6.45) is 0.832. The van der Waals surface area contributed by atoms with Gasteiger partial charge in [-0.1, -0.05) is 34.6 Å². The fraction of sp³-hybridized carbons (Fsp3) is 0.750. The molecule has 0 aliphatic rings. The van der Waals surface area contributed by atoms with Gasteiger partial charge in [-0.05, 0) is 12.3 Å². The molecule has 3 nitrogen and oxygen atoms in total. The molecule has 0 atom stereocenters. The molecule has 1 rings (SSSR count). The summed E-state index contributed by atoms with van der Waals surface area (Å²) in [5.74, 6) is 1.23. The van der Waals surface area contributed by atoms with Gasteiger partial charge in [-0.2, -0.15) is 5.10 Å². The second-order valence-electron chi connectivity index (χ2n) is 4.76. The number of rotatable bonds is 4. The van der Waals surface area contributed by atoms with Crippen LogP contribution in [0.2, 0.25) is 0 Å². The Labute approximate surface area is 92.1 Å². The van der Waals surface area contributed by atoms with Gasteiger partial charge in [0.2, 0.25) is 0 Å². The Kier molecular flexibility index (Phi) is 3.77. The number of aromatic nitrogens is 2. The Morgan fingerprint density at radius 1 is 1.27 bits per heavy atom. The quantitative estimate of drug-likeness (QED) is 0.829. The summed E-state index contributed by atoms with van der Waals surface area (Å²) >= 11 is 0. The van der Waals surface area contributed by atoms with Gasteiger partial charge in [-0.15, -0.1) is 0 Å². The Morgan fingerprint density at radius 2 is 1.87 bits per heavy atom. The van der Waals surface area contributed by atoms with Crippen LogP contribution in [-0.2, 0) is 13.0 Å². The number of hydrogen-bond donors (Lipinski definition) is 1. The highest BCUT2D eigenvalue weighted by Gasteiger charge is 2.18. The van der Waals surface area contributed by atoms with E-state index in [2.05, 4.69) is 39.7 Å². The zero-order valence-corrected chi connectivity index (χ0v) is 10.4. The number of nitrogens with zero attached hydrogens (tertiary/aromatic N) is 2. The highest BCUT2D eigenvalue weighted by molar-refractivity contribution is 5.34. The van der Waals surface area contributed by atoms with Gasteiger partial charge in [0.1, 0.15) is 5.69 Å². The molecule has 86 valence electrons. The van der Waals surface area contributed by atoms with Crippen LogP contribution in [0.25, 0.3) is 0 Å². The molecular weight excluding hydrogens is 188 g/mol. The Hall–Kier alpha value is -0.990. The van der Waals surface area contributed by atoms with E-state index in [0.29, 0.717) is 11.7 Å². The van der Waals surface area contributed by atoms with Crippen molar-refractivity contribution in [2.24, 2.45) is 5.92 Å². The summed E-state index contributed by atoms with van der Waals surface area (Å²) in [6.45, 7) is 11.4. The zero-order chi connectivity index (χ0) is 11.6. The van der Waals surface area contributed by atoms with Crippen molar-refractivity contribution in [3.8, 4) is 5.75 Å². The summed E-state index contributed by atoms with van der Waals surface area (Å²) in [5.41, 5.74) is 1.79. The van der Waals surface area contributed by atoms with E-state index in [1.165, 1.54) is 0 Å². The van der Waals surface area contributed by atoms with Crippen LogP contribution >= 0.6 is 0 Å². The molecule has 0 radical (unpaired) electrons. The molecule has 0 fully saturated rings. The van der Waals surface area contributed by atoms with Crippen molar-refractivity contribution in [3.63, 3.8) is 0 Å². The minimum absolute atomic E-state index is 0.281. The molecule has 0 amide bonds. The average molecular weight is 210 g/mol. The van der Waals surface area contributed by atoms with Gasteiger partial charge in [-0.25, -0.2) is 0 Å². The molecule has 0 aromatic carbocycles. The largest absolute Gasteiger partial charge is 0.504 e. The van der Waals surface area contributed by atoms with Crippen LogP contribution < -0.4 is 0 Å². The molecule has 3 heteroatoms. The summed E-state index contributed by atoms with van der Waals surface area (Å²) in [4.78, 5) is 0. The minimum Gasteiger partial charge on any atom is -0.504 e. The molecule has 0 spiro atoms. The maximum absolute atomic E-state index is 10.0. The molecule has 0 saturated heterocycles. The molecule has 1 N–H and O–H groups in total. The summed E-state index contributed by atoms with van der Waals surface area (Å²) in [7, 11) is 0. The van der Waals surface area contributed by atoms with Crippen molar-refractivity contribution in [2.45, 2.75) is 53.5 Å². The smallest absolute Gasteiger partial charge is 0.160 e. The topological polar surface area (TPSA) is 38.1 Å². The monoisotopic (exact) mass is 210 g/mol. The molecular formula is C12H22N2O. The predicted octanol–water partition coefficient (Wildman–Crippen LogP) is 2.93. The summed E-state index contributed by atoms with van der Waals surface area (Å²) in [5, 5.41) is 14.5. The van der Waals surface area contributed by atoms with Crippen molar-refractivity contribution in [2.75, 3.05) is 0 Å². The highest BCUT2D eigenvalue weighted by Crippen LogP contribution is 2.29. The fourth-order valence-electron chi connectivity index (χ4n) is 1.74. The number of aromatic hydroxyl groups is 1. The standard InChI is InChI=1S/C12H22N2O/c1-6-10-12(15)11(9(4)5)13-14(10)7-8(2)3/h8-9,15H,6-7H2,1-5H3. The van der Waals surface area contributed by atoms with E-state index < -0.39 is 0 Å². The van der Waals surface area contributed by atoms with Crippen molar-refractivity contribution in [1.29, 1.82) is 0 Å². The third kappa shape index (κ3) is 2.52. The van der Waals surface area contributed by atoms with E-state index in [1.807, 2.05) is 4.68 Å². The van der Waals surface area contributed by atoms with E-state index in [1.54, 1.807) is 0 Å². The lowest BCUT2D eigenvalue weighted by molar-refractivity contribution is 0.445. The average Bonchev–Trinajstić information content (AvgIpc) is 2.41. The van der Waals surface area contributed by atoms with E-state index in [-0.39, 0.29) is 5.92 Å². The number of hydrogen-bond acceptors (Lipinski definition) is 2. The SMILES string of the molecule is CCc1c(O)c(C(C)C)nn1CC(C)C. The van der Waals surface area contributed by atoms with Crippen LogP contribution in [0, 0.1) is 5.92 Å². The maximum Gasteiger partial charge on any atom is 0.160 e. The van der Waals surface area contributed by atoms with Crippen LogP contribution in [0.5, 0.6) is 5.75 Å². The van der Waals surface area contributed by atoms with Crippen LogP contribution in [0.3, 0.4) is 0 Å². The molecule has 1 heterocycles. The predicted molar refractivity (Wildman–Crippen MR) is 62.2 cm³/mol. The third-order valence-corrected chi connectivity index (χ3v) is 2.48. The van der Waals surface area contributed by atoms with Crippen molar-refractivity contribution < 1.29 is 5.11 Å². The first-order chi connectivity index (χ1) is 6.97. The van der Waals surface area contributed by atoms with E-state index in [4.69, 9.17) is 0 Å². The maximum atomic E-state index is 10.0. The fourth-order valence-corrected chi connectivity index (χ4v) is 1.74. The Balaban J connectivity index is 3.10. The molecule has 0 saturated carbocycles. The lowest BCUT2D eigenvalue weighted by atomic mass is 10.1. The first kappa shape index (κ1) is 12.1. The lowest BCUT2D eigenvalue weighted by Crippen LogP contribution is -2.09. The molecule has 15 heavy (non-hydrogen) atoms. The van der Waals surface area contributed by atoms with Gasteiger partial charge in [-0.3, -0.25) is 4.68 Å². The Morgan fingerprint density at radius 3 is 2.27 bits per heavy atom. The van der Waals surface area contributed by atoms with Crippen LogP contribution in [0.1, 0.15) is 51.9 Å². The normalized spacial score (nSPS) is 11.7. The molecule has 0 unspecified atom stereocenters. The van der Waals surface area contributed by atoms with Gasteiger partial charge in [0.05, 0.1) is 5.69 Å². The molecule has 1 aromatic heterocycles. The Bertz CT molecular complexity index is 327. The van der Waals surface area contributed by atoms with Crippen molar-refractivity contribution >= 4 is 0 Å². The molecule has 0 aliphatic carbocycles. The zero-order valence-electron chi connectivity index (χ0n) is 10.4. The second-order valence-corrected chi connectivity index (χ2v) is 4.76. The third-order valence-electron chi connectivity index (χ3n) is 2.48. The first-order valence-corrected chi connectivity index (χ1v) is 5.75. The van der Waals surface area contributed by atoms with E-state index >= 15 is 0 Å². The van der Waals surface area contributed by atoms with Gasteiger partial charge in [0.15, 0.2) is 5.75 Å². The van der Waals surface area contributed by atoms with E-state index in [9.17, 15) is 5.11 Å². The van der Waals surface area contributed by atoms with Crippen LogP contribution in [0.4, 0.5) is 0 Å². The second kappa shape index (κ2) is 4.69.